The summed E-state index contributed by atoms with van der Waals surface area (Å²) >= 11 is 0. The molecule has 1 aliphatic rings. The molecule has 0 saturated heterocycles. The minimum Gasteiger partial charge on any atom is -0.486 e. The van der Waals surface area contributed by atoms with Gasteiger partial charge in [-0.15, -0.1) is 0 Å². The Balaban J connectivity index is 1.40. The number of anilines is 1. The maximum atomic E-state index is 13.1. The number of rotatable bonds is 9. The van der Waals surface area contributed by atoms with Gasteiger partial charge >= 0.3 is 0 Å². The van der Waals surface area contributed by atoms with Crippen LogP contribution in [-0.4, -0.2) is 38.1 Å². The summed E-state index contributed by atoms with van der Waals surface area (Å²) in [6.07, 6.45) is 6.19. The molecule has 170 valence electrons. The summed E-state index contributed by atoms with van der Waals surface area (Å²) in [5.74, 6) is 1.23. The molecule has 0 radical (unpaired) electrons. The number of benzene rings is 2. The van der Waals surface area contributed by atoms with Crippen molar-refractivity contribution in [3.05, 3.63) is 84.3 Å². The minimum absolute atomic E-state index is 0.0448. The van der Waals surface area contributed by atoms with Crippen LogP contribution in [0.4, 0.5) is 5.69 Å². The molecule has 0 unspecified atom stereocenters. The number of furan rings is 1. The lowest BCUT2D eigenvalue weighted by Crippen LogP contribution is -2.32. The predicted octanol–water partition coefficient (Wildman–Crippen LogP) is 4.31. The zero-order chi connectivity index (χ0) is 22.9. The molecule has 2 aromatic carbocycles. The topological polar surface area (TPSA) is 81.0 Å². The number of fused-ring (bicyclic) bond motifs is 1. The fraction of sp³-hybridized carbons (Fsp3) is 0.231. The Morgan fingerprint density at radius 2 is 1.79 bits per heavy atom. The minimum atomic E-state index is -0.290. The number of carbonyl (C=O) groups excluding carboxylic acids is 2. The predicted molar refractivity (Wildman–Crippen MR) is 126 cm³/mol. The third-order valence-corrected chi connectivity index (χ3v) is 5.13. The van der Waals surface area contributed by atoms with Crippen molar-refractivity contribution in [3.8, 4) is 11.5 Å². The molecule has 1 aliphatic heterocycles. The monoisotopic (exact) mass is 446 g/mol. The largest absolute Gasteiger partial charge is 0.486 e. The number of hydrogen-bond acceptors (Lipinski definition) is 5. The number of amides is 2. The average molecular weight is 447 g/mol. The molecule has 0 saturated carbocycles. The quantitative estimate of drug-likeness (QED) is 0.496. The lowest BCUT2D eigenvalue weighted by molar-refractivity contribution is -0.118. The van der Waals surface area contributed by atoms with Crippen molar-refractivity contribution in [1.82, 2.24) is 5.32 Å². The van der Waals surface area contributed by atoms with Gasteiger partial charge in [-0.25, -0.2) is 0 Å². The van der Waals surface area contributed by atoms with Crippen molar-refractivity contribution in [2.45, 2.75) is 12.8 Å². The molecule has 7 nitrogen and oxygen atoms in total. The first-order valence-corrected chi connectivity index (χ1v) is 10.9. The van der Waals surface area contributed by atoms with E-state index in [1.807, 2.05) is 60.7 Å². The summed E-state index contributed by atoms with van der Waals surface area (Å²) in [5.41, 5.74) is 1.80. The summed E-state index contributed by atoms with van der Waals surface area (Å²) < 4.78 is 16.4. The van der Waals surface area contributed by atoms with Crippen LogP contribution in [0.1, 0.15) is 29.0 Å². The lowest BCUT2D eigenvalue weighted by atomic mass is 10.2. The van der Waals surface area contributed by atoms with Gasteiger partial charge in [0.05, 0.1) is 6.26 Å². The lowest BCUT2D eigenvalue weighted by Gasteiger charge is -2.24. The molecule has 0 aliphatic carbocycles. The molecule has 2 heterocycles. The zero-order valence-electron chi connectivity index (χ0n) is 18.2. The van der Waals surface area contributed by atoms with Gasteiger partial charge in [0.1, 0.15) is 13.2 Å². The summed E-state index contributed by atoms with van der Waals surface area (Å²) in [4.78, 5) is 26.8. The van der Waals surface area contributed by atoms with E-state index in [-0.39, 0.29) is 24.0 Å². The van der Waals surface area contributed by atoms with Crippen LogP contribution in [0.5, 0.6) is 11.5 Å². The van der Waals surface area contributed by atoms with Gasteiger partial charge in [-0.3, -0.25) is 9.59 Å². The Morgan fingerprint density at radius 3 is 2.58 bits per heavy atom. The molecular weight excluding hydrogens is 420 g/mol. The number of ether oxygens (including phenoxy) is 2. The average Bonchev–Trinajstić information content (AvgIpc) is 3.40. The number of hydrogen-bond donors (Lipinski definition) is 1. The second-order valence-corrected chi connectivity index (χ2v) is 7.48. The van der Waals surface area contributed by atoms with Crippen molar-refractivity contribution in [1.29, 1.82) is 0 Å². The fourth-order valence-corrected chi connectivity index (χ4v) is 3.48. The van der Waals surface area contributed by atoms with E-state index in [1.54, 1.807) is 17.0 Å². The summed E-state index contributed by atoms with van der Waals surface area (Å²) in [7, 11) is 0. The third-order valence-electron chi connectivity index (χ3n) is 5.13. The van der Waals surface area contributed by atoms with E-state index in [2.05, 4.69) is 5.32 Å². The van der Waals surface area contributed by atoms with E-state index >= 15 is 0 Å². The van der Waals surface area contributed by atoms with Crippen LogP contribution >= 0.6 is 0 Å². The Kier molecular flexibility index (Phi) is 7.43. The smallest absolute Gasteiger partial charge is 0.286 e. The van der Waals surface area contributed by atoms with Crippen LogP contribution in [0.3, 0.4) is 0 Å². The molecule has 33 heavy (non-hydrogen) atoms. The molecule has 1 aromatic heterocycles. The SMILES string of the molecule is O=C(NCCCC(=O)N(C/C=C/c1ccccc1)c1ccc2c(c1)OCCO2)c1ccco1. The maximum Gasteiger partial charge on any atom is 0.286 e. The molecule has 1 N–H and O–H groups in total. The highest BCUT2D eigenvalue weighted by Gasteiger charge is 2.19. The van der Waals surface area contributed by atoms with Gasteiger partial charge in [0.2, 0.25) is 5.91 Å². The van der Waals surface area contributed by atoms with E-state index in [1.165, 1.54) is 6.26 Å². The first kappa shape index (κ1) is 22.2. The zero-order valence-corrected chi connectivity index (χ0v) is 18.2. The van der Waals surface area contributed by atoms with Crippen LogP contribution in [0.15, 0.2) is 77.4 Å². The van der Waals surface area contributed by atoms with Gasteiger partial charge in [-0.1, -0.05) is 42.5 Å². The molecule has 2 amide bonds. The highest BCUT2D eigenvalue weighted by Crippen LogP contribution is 2.34. The van der Waals surface area contributed by atoms with Crippen LogP contribution in [-0.2, 0) is 4.79 Å². The van der Waals surface area contributed by atoms with E-state index in [4.69, 9.17) is 13.9 Å². The van der Waals surface area contributed by atoms with Gasteiger partial charge in [-0.05, 0) is 36.2 Å². The molecule has 0 bridgehead atoms. The van der Waals surface area contributed by atoms with Crippen LogP contribution in [0.25, 0.3) is 6.08 Å². The Morgan fingerprint density at radius 1 is 0.970 bits per heavy atom. The molecule has 0 spiro atoms. The van der Waals surface area contributed by atoms with Crippen molar-refractivity contribution in [3.63, 3.8) is 0 Å². The van der Waals surface area contributed by atoms with Gasteiger partial charge in [0.15, 0.2) is 17.3 Å². The van der Waals surface area contributed by atoms with Crippen molar-refractivity contribution in [2.75, 3.05) is 31.2 Å². The Bertz CT molecular complexity index is 1090. The summed E-state index contributed by atoms with van der Waals surface area (Å²) in [5, 5.41) is 2.77. The third kappa shape index (κ3) is 6.04. The number of carbonyl (C=O) groups is 2. The first-order chi connectivity index (χ1) is 16.2. The number of nitrogens with zero attached hydrogens (tertiary/aromatic N) is 1. The summed E-state index contributed by atoms with van der Waals surface area (Å²) in [6.45, 7) is 1.78. The molecule has 0 fully saturated rings. The molecule has 4 rings (SSSR count). The fourth-order valence-electron chi connectivity index (χ4n) is 3.48. The van der Waals surface area contributed by atoms with E-state index in [0.29, 0.717) is 44.2 Å². The normalized spacial score (nSPS) is 12.5. The van der Waals surface area contributed by atoms with Gasteiger partial charge < -0.3 is 24.1 Å². The van der Waals surface area contributed by atoms with Crippen molar-refractivity contribution < 1.29 is 23.5 Å². The first-order valence-electron chi connectivity index (χ1n) is 10.9. The highest BCUT2D eigenvalue weighted by molar-refractivity contribution is 5.94. The standard InChI is InChI=1S/C26H26N2O5/c29-25(11-4-14-27-26(30)23-10-6-16-31-23)28(15-5-9-20-7-2-1-3-8-20)21-12-13-22-24(19-21)33-18-17-32-22/h1-3,5-10,12-13,16,19H,4,11,14-15,17-18H2,(H,27,30)/b9-5+. The maximum absolute atomic E-state index is 13.1. The second-order valence-electron chi connectivity index (χ2n) is 7.48. The van der Waals surface area contributed by atoms with Crippen molar-refractivity contribution in [2.24, 2.45) is 0 Å². The molecular formula is C26H26N2O5. The number of nitrogens with one attached hydrogen (secondary N) is 1. The molecule has 0 atom stereocenters. The second kappa shape index (κ2) is 11.0. The van der Waals surface area contributed by atoms with Gasteiger partial charge in [0, 0.05) is 31.3 Å². The van der Waals surface area contributed by atoms with Crippen molar-refractivity contribution >= 4 is 23.6 Å². The summed E-state index contributed by atoms with van der Waals surface area (Å²) in [6, 6.07) is 18.7. The van der Waals surface area contributed by atoms with E-state index in [9.17, 15) is 9.59 Å². The Labute approximate surface area is 192 Å². The molecule has 7 heteroatoms. The van der Waals surface area contributed by atoms with Crippen LogP contribution in [0, 0.1) is 0 Å². The van der Waals surface area contributed by atoms with Crippen LogP contribution in [0.2, 0.25) is 0 Å². The van der Waals surface area contributed by atoms with E-state index in [0.717, 1.165) is 11.3 Å². The van der Waals surface area contributed by atoms with Crippen LogP contribution < -0.4 is 19.7 Å². The van der Waals surface area contributed by atoms with E-state index < -0.39 is 0 Å². The van der Waals surface area contributed by atoms with Gasteiger partial charge in [-0.2, -0.15) is 0 Å². The van der Waals surface area contributed by atoms with Gasteiger partial charge in [0.25, 0.3) is 5.91 Å². The molecule has 3 aromatic rings. The highest BCUT2D eigenvalue weighted by atomic mass is 16.6. The Hall–Kier alpha value is -4.00.